The van der Waals surface area contributed by atoms with Crippen molar-refractivity contribution in [1.29, 1.82) is 0 Å². The summed E-state index contributed by atoms with van der Waals surface area (Å²) in [5, 5.41) is 21.4. The normalized spacial score (nSPS) is 11.7. The summed E-state index contributed by atoms with van der Waals surface area (Å²) in [5.41, 5.74) is 0.685. The zero-order valence-electron chi connectivity index (χ0n) is 10.1. The summed E-state index contributed by atoms with van der Waals surface area (Å²) in [5.74, 6) is -0.866. The van der Waals surface area contributed by atoms with Crippen molar-refractivity contribution in [2.45, 2.75) is 19.4 Å². The molecule has 0 saturated heterocycles. The molecule has 0 fully saturated rings. The van der Waals surface area contributed by atoms with Crippen LogP contribution in [-0.4, -0.2) is 34.3 Å². The molecule has 1 rings (SSSR count). The van der Waals surface area contributed by atoms with Crippen molar-refractivity contribution in [3.63, 3.8) is 0 Å². The molecule has 3 N–H and O–H groups in total. The third-order valence-corrected chi connectivity index (χ3v) is 2.46. The molecule has 18 heavy (non-hydrogen) atoms. The SMILES string of the molecule is COC(=O)[C@H](Cc1ccc(O)c(O)c1)NC(C)=S. The van der Waals surface area contributed by atoms with E-state index in [1.165, 1.54) is 19.2 Å². The maximum absolute atomic E-state index is 11.5. The fraction of sp³-hybridized carbons (Fsp3) is 0.333. The number of hydrogen-bond donors (Lipinski definition) is 3. The molecule has 0 amide bonds. The third-order valence-electron chi connectivity index (χ3n) is 2.34. The van der Waals surface area contributed by atoms with E-state index in [0.29, 0.717) is 17.0 Å². The lowest BCUT2D eigenvalue weighted by Crippen LogP contribution is -2.41. The molecular weight excluding hydrogens is 254 g/mol. The van der Waals surface area contributed by atoms with Crippen LogP contribution in [0.25, 0.3) is 0 Å². The topological polar surface area (TPSA) is 78.8 Å². The van der Waals surface area contributed by atoms with Crippen LogP contribution in [0, 0.1) is 0 Å². The van der Waals surface area contributed by atoms with Crippen molar-refractivity contribution >= 4 is 23.2 Å². The lowest BCUT2D eigenvalue weighted by atomic mass is 10.1. The molecule has 0 saturated carbocycles. The minimum absolute atomic E-state index is 0.202. The van der Waals surface area contributed by atoms with Gasteiger partial charge in [0.15, 0.2) is 11.5 Å². The second-order valence-electron chi connectivity index (χ2n) is 3.80. The maximum atomic E-state index is 11.5. The smallest absolute Gasteiger partial charge is 0.328 e. The lowest BCUT2D eigenvalue weighted by Gasteiger charge is -2.16. The Hall–Kier alpha value is -1.82. The van der Waals surface area contributed by atoms with Crippen molar-refractivity contribution in [3.05, 3.63) is 23.8 Å². The molecular formula is C12H15NO4S. The van der Waals surface area contributed by atoms with Crippen LogP contribution in [-0.2, 0) is 16.0 Å². The molecule has 0 aliphatic heterocycles. The zero-order chi connectivity index (χ0) is 13.7. The van der Waals surface area contributed by atoms with Gasteiger partial charge in [-0.15, -0.1) is 0 Å². The molecule has 1 aromatic rings. The van der Waals surface area contributed by atoms with Crippen LogP contribution in [0.2, 0.25) is 0 Å². The Bertz CT molecular complexity index is 461. The number of aromatic hydroxyl groups is 2. The number of hydrogen-bond acceptors (Lipinski definition) is 5. The Balaban J connectivity index is 2.85. The van der Waals surface area contributed by atoms with Gasteiger partial charge >= 0.3 is 5.97 Å². The van der Waals surface area contributed by atoms with Crippen LogP contribution >= 0.6 is 12.2 Å². The van der Waals surface area contributed by atoms with Crippen LogP contribution in [0.3, 0.4) is 0 Å². The number of carbonyl (C=O) groups excluding carboxylic acids is 1. The van der Waals surface area contributed by atoms with E-state index in [1.54, 1.807) is 13.0 Å². The summed E-state index contributed by atoms with van der Waals surface area (Å²) in [6.45, 7) is 1.67. The molecule has 98 valence electrons. The second-order valence-corrected chi connectivity index (χ2v) is 4.42. The summed E-state index contributed by atoms with van der Waals surface area (Å²) in [4.78, 5) is 12.0. The van der Waals surface area contributed by atoms with Crippen LogP contribution in [0.5, 0.6) is 11.5 Å². The van der Waals surface area contributed by atoms with Gasteiger partial charge in [-0.25, -0.2) is 4.79 Å². The largest absolute Gasteiger partial charge is 0.504 e. The standard InChI is InChI=1S/C12H15NO4S/c1-7(18)13-9(12(16)17-2)5-8-3-4-10(14)11(15)6-8/h3-4,6,9,14-15H,5H2,1-2H3,(H,13,18)/t9-/m0/s1. The monoisotopic (exact) mass is 269 g/mol. The van der Waals surface area contributed by atoms with Crippen LogP contribution < -0.4 is 5.32 Å². The van der Waals surface area contributed by atoms with Gasteiger partial charge in [-0.1, -0.05) is 18.3 Å². The van der Waals surface area contributed by atoms with Crippen molar-refractivity contribution in [1.82, 2.24) is 5.32 Å². The van der Waals surface area contributed by atoms with Crippen molar-refractivity contribution < 1.29 is 19.7 Å². The molecule has 0 heterocycles. The first-order valence-corrected chi connectivity index (χ1v) is 5.70. The fourth-order valence-corrected chi connectivity index (χ4v) is 1.65. The number of carbonyl (C=O) groups is 1. The van der Waals surface area contributed by atoms with Gasteiger partial charge in [0.1, 0.15) is 6.04 Å². The average Bonchev–Trinajstić information content (AvgIpc) is 2.31. The molecule has 6 heteroatoms. The number of phenols is 2. The third kappa shape index (κ3) is 3.89. The molecule has 0 radical (unpaired) electrons. The van der Waals surface area contributed by atoms with Gasteiger partial charge < -0.3 is 20.3 Å². The minimum atomic E-state index is -0.614. The molecule has 0 spiro atoms. The molecule has 1 aromatic carbocycles. The molecule has 0 aromatic heterocycles. The van der Waals surface area contributed by atoms with E-state index in [9.17, 15) is 15.0 Å². The highest BCUT2D eigenvalue weighted by Gasteiger charge is 2.20. The van der Waals surface area contributed by atoms with Crippen molar-refractivity contribution in [3.8, 4) is 11.5 Å². The molecule has 5 nitrogen and oxygen atoms in total. The number of ether oxygens (including phenoxy) is 1. The first-order valence-electron chi connectivity index (χ1n) is 5.30. The highest BCUT2D eigenvalue weighted by molar-refractivity contribution is 7.80. The molecule has 0 aliphatic carbocycles. The van der Waals surface area contributed by atoms with Gasteiger partial charge in [-0.3, -0.25) is 0 Å². The number of esters is 1. The number of methoxy groups -OCH3 is 1. The van der Waals surface area contributed by atoms with Gasteiger partial charge in [0, 0.05) is 6.42 Å². The second kappa shape index (κ2) is 6.20. The Morgan fingerprint density at radius 1 is 1.44 bits per heavy atom. The van der Waals surface area contributed by atoms with E-state index in [0.717, 1.165) is 0 Å². The van der Waals surface area contributed by atoms with E-state index in [4.69, 9.17) is 12.2 Å². The Labute approximate surface area is 110 Å². The highest BCUT2D eigenvalue weighted by Crippen LogP contribution is 2.25. The first-order chi connectivity index (χ1) is 8.43. The summed E-state index contributed by atoms with van der Waals surface area (Å²) in [7, 11) is 1.30. The quantitative estimate of drug-likeness (QED) is 0.432. The molecule has 0 bridgehead atoms. The predicted molar refractivity (Wildman–Crippen MR) is 70.7 cm³/mol. The molecule has 0 unspecified atom stereocenters. The van der Waals surface area contributed by atoms with E-state index in [2.05, 4.69) is 10.1 Å². The minimum Gasteiger partial charge on any atom is -0.504 e. The number of thiocarbonyl (C=S) groups is 1. The first kappa shape index (κ1) is 14.2. The summed E-state index contributed by atoms with van der Waals surface area (Å²) in [6, 6.07) is 3.76. The number of benzene rings is 1. The van der Waals surface area contributed by atoms with E-state index >= 15 is 0 Å². The van der Waals surface area contributed by atoms with Crippen LogP contribution in [0.1, 0.15) is 12.5 Å². The van der Waals surface area contributed by atoms with Crippen LogP contribution in [0.4, 0.5) is 0 Å². The fourth-order valence-electron chi connectivity index (χ4n) is 1.51. The summed E-state index contributed by atoms with van der Waals surface area (Å²) < 4.78 is 4.67. The van der Waals surface area contributed by atoms with Gasteiger partial charge in [-0.05, 0) is 24.6 Å². The van der Waals surface area contributed by atoms with Crippen molar-refractivity contribution in [2.24, 2.45) is 0 Å². The van der Waals surface area contributed by atoms with Gasteiger partial charge in [0.2, 0.25) is 0 Å². The zero-order valence-corrected chi connectivity index (χ0v) is 11.0. The number of rotatable bonds is 4. The van der Waals surface area contributed by atoms with Gasteiger partial charge in [0.05, 0.1) is 12.1 Å². The highest BCUT2D eigenvalue weighted by atomic mass is 32.1. The Morgan fingerprint density at radius 3 is 2.61 bits per heavy atom. The van der Waals surface area contributed by atoms with E-state index in [-0.39, 0.29) is 11.5 Å². The van der Waals surface area contributed by atoms with E-state index in [1.807, 2.05) is 0 Å². The maximum Gasteiger partial charge on any atom is 0.328 e. The summed E-state index contributed by atoms with van der Waals surface area (Å²) >= 11 is 4.89. The average molecular weight is 269 g/mol. The van der Waals surface area contributed by atoms with Crippen molar-refractivity contribution in [2.75, 3.05) is 7.11 Å². The van der Waals surface area contributed by atoms with Crippen LogP contribution in [0.15, 0.2) is 18.2 Å². The molecule has 0 aliphatic rings. The van der Waals surface area contributed by atoms with Gasteiger partial charge in [-0.2, -0.15) is 0 Å². The van der Waals surface area contributed by atoms with Gasteiger partial charge in [0.25, 0.3) is 0 Å². The number of phenolic OH excluding ortho intramolecular Hbond substituents is 2. The Kier molecular flexibility index (Phi) is 4.91. The number of nitrogens with one attached hydrogen (secondary N) is 1. The Morgan fingerprint density at radius 2 is 2.11 bits per heavy atom. The lowest BCUT2D eigenvalue weighted by molar-refractivity contribution is -0.142. The summed E-state index contributed by atoms with van der Waals surface area (Å²) in [6.07, 6.45) is 0.300. The predicted octanol–water partition coefficient (Wildman–Crippen LogP) is 1.12. The van der Waals surface area contributed by atoms with E-state index < -0.39 is 12.0 Å². The molecule has 1 atom stereocenters.